The van der Waals surface area contributed by atoms with E-state index in [2.05, 4.69) is 36.1 Å². The maximum Gasteiger partial charge on any atom is 0.135 e. The molecule has 106 valence electrons. The first-order chi connectivity index (χ1) is 9.38. The third-order valence-electron chi connectivity index (χ3n) is 3.05. The second-order valence-corrected chi connectivity index (χ2v) is 6.30. The van der Waals surface area contributed by atoms with Crippen molar-refractivity contribution in [3.05, 3.63) is 52.4 Å². The van der Waals surface area contributed by atoms with Crippen LogP contribution in [-0.2, 0) is 11.8 Å². The van der Waals surface area contributed by atoms with Crippen molar-refractivity contribution in [1.82, 2.24) is 9.97 Å². The minimum absolute atomic E-state index is 0.00236. The first-order valence-electron chi connectivity index (χ1n) is 6.69. The number of halogens is 1. The van der Waals surface area contributed by atoms with Crippen LogP contribution in [0.5, 0.6) is 0 Å². The molecule has 0 amide bonds. The molecule has 1 aromatic carbocycles. The third-order valence-corrected chi connectivity index (χ3v) is 3.28. The molecule has 1 aromatic heterocycles. The Morgan fingerprint density at radius 3 is 2.50 bits per heavy atom. The van der Waals surface area contributed by atoms with Crippen LogP contribution < -0.4 is 5.32 Å². The molecule has 0 spiro atoms. The van der Waals surface area contributed by atoms with Gasteiger partial charge in [0.2, 0.25) is 0 Å². The molecular weight excluding hydrogens is 270 g/mol. The minimum atomic E-state index is -0.00236. The van der Waals surface area contributed by atoms with Gasteiger partial charge in [-0.25, -0.2) is 9.97 Å². The zero-order chi connectivity index (χ0) is 14.8. The van der Waals surface area contributed by atoms with E-state index in [1.54, 1.807) is 0 Å². The van der Waals surface area contributed by atoms with Gasteiger partial charge in [-0.2, -0.15) is 0 Å². The quantitative estimate of drug-likeness (QED) is 0.926. The topological polar surface area (TPSA) is 37.8 Å². The largest absolute Gasteiger partial charge is 0.373 e. The highest BCUT2D eigenvalue weighted by molar-refractivity contribution is 6.30. The summed E-state index contributed by atoms with van der Waals surface area (Å²) < 4.78 is 0. The van der Waals surface area contributed by atoms with Crippen LogP contribution in [0.1, 0.15) is 37.9 Å². The first-order valence-corrected chi connectivity index (χ1v) is 7.07. The Labute approximate surface area is 125 Å². The Morgan fingerprint density at radius 1 is 1.15 bits per heavy atom. The van der Waals surface area contributed by atoms with Gasteiger partial charge in [0.1, 0.15) is 11.6 Å². The second-order valence-electron chi connectivity index (χ2n) is 5.86. The van der Waals surface area contributed by atoms with Crippen LogP contribution in [0.25, 0.3) is 0 Å². The number of nitrogens with zero attached hydrogens (tertiary/aromatic N) is 2. The van der Waals surface area contributed by atoms with Crippen molar-refractivity contribution >= 4 is 17.4 Å². The van der Waals surface area contributed by atoms with Gasteiger partial charge in [-0.3, -0.25) is 0 Å². The van der Waals surface area contributed by atoms with E-state index in [-0.39, 0.29) is 5.41 Å². The van der Waals surface area contributed by atoms with Gasteiger partial charge in [0.05, 0.1) is 5.69 Å². The number of rotatable bonds is 3. The van der Waals surface area contributed by atoms with Crippen LogP contribution in [0, 0.1) is 0 Å². The Bertz CT molecular complexity index is 603. The van der Waals surface area contributed by atoms with Gasteiger partial charge in [-0.15, -0.1) is 0 Å². The Morgan fingerprint density at radius 2 is 1.90 bits per heavy atom. The van der Waals surface area contributed by atoms with Gasteiger partial charge < -0.3 is 5.32 Å². The molecule has 2 aromatic rings. The van der Waals surface area contributed by atoms with E-state index in [9.17, 15) is 0 Å². The second kappa shape index (κ2) is 5.80. The summed E-state index contributed by atoms with van der Waals surface area (Å²) in [5.74, 6) is 1.66. The maximum atomic E-state index is 6.02. The van der Waals surface area contributed by atoms with Crippen molar-refractivity contribution in [3.63, 3.8) is 0 Å². The highest BCUT2D eigenvalue weighted by Gasteiger charge is 2.17. The van der Waals surface area contributed by atoms with Crippen molar-refractivity contribution < 1.29 is 0 Å². The summed E-state index contributed by atoms with van der Waals surface area (Å²) in [6.45, 7) is 6.45. The highest BCUT2D eigenvalue weighted by atomic mass is 35.5. The first kappa shape index (κ1) is 14.8. The minimum Gasteiger partial charge on any atom is -0.373 e. The SMILES string of the molecule is CNc1cc(C(C)(C)C)nc(Cc2cccc(Cl)c2)n1. The molecule has 4 heteroatoms. The molecule has 2 rings (SSSR count). The summed E-state index contributed by atoms with van der Waals surface area (Å²) in [5, 5.41) is 3.84. The van der Waals surface area contributed by atoms with Crippen LogP contribution in [0.15, 0.2) is 30.3 Å². The summed E-state index contributed by atoms with van der Waals surface area (Å²) in [4.78, 5) is 9.21. The average Bonchev–Trinajstić information content (AvgIpc) is 2.37. The normalized spacial score (nSPS) is 11.4. The number of nitrogens with one attached hydrogen (secondary N) is 1. The molecule has 0 unspecified atom stereocenters. The van der Waals surface area contributed by atoms with E-state index in [1.807, 2.05) is 37.4 Å². The van der Waals surface area contributed by atoms with Crippen LogP contribution in [-0.4, -0.2) is 17.0 Å². The number of aromatic nitrogens is 2. The van der Waals surface area contributed by atoms with Gasteiger partial charge in [-0.05, 0) is 17.7 Å². The molecule has 0 aliphatic rings. The lowest BCUT2D eigenvalue weighted by Crippen LogP contribution is -2.16. The van der Waals surface area contributed by atoms with Crippen LogP contribution in [0.3, 0.4) is 0 Å². The summed E-state index contributed by atoms with van der Waals surface area (Å²) in [5.41, 5.74) is 2.15. The molecule has 20 heavy (non-hydrogen) atoms. The molecule has 1 N–H and O–H groups in total. The molecule has 0 radical (unpaired) electrons. The molecule has 0 aliphatic heterocycles. The number of hydrogen-bond donors (Lipinski definition) is 1. The molecule has 0 aliphatic carbocycles. The van der Waals surface area contributed by atoms with E-state index >= 15 is 0 Å². The van der Waals surface area contributed by atoms with E-state index in [4.69, 9.17) is 11.6 Å². The molecule has 3 nitrogen and oxygen atoms in total. The van der Waals surface area contributed by atoms with Crippen molar-refractivity contribution in [2.75, 3.05) is 12.4 Å². The molecule has 0 atom stereocenters. The lowest BCUT2D eigenvalue weighted by molar-refractivity contribution is 0.563. The fourth-order valence-electron chi connectivity index (χ4n) is 1.92. The van der Waals surface area contributed by atoms with Gasteiger partial charge >= 0.3 is 0 Å². The van der Waals surface area contributed by atoms with Gasteiger partial charge in [-0.1, -0.05) is 44.5 Å². The van der Waals surface area contributed by atoms with Gasteiger partial charge in [0.15, 0.2) is 0 Å². The molecule has 1 heterocycles. The summed E-state index contributed by atoms with van der Waals surface area (Å²) >= 11 is 6.02. The fraction of sp³-hybridized carbons (Fsp3) is 0.375. The van der Waals surface area contributed by atoms with Crippen molar-refractivity contribution in [2.24, 2.45) is 0 Å². The predicted octanol–water partition coefficient (Wildman–Crippen LogP) is 4.06. The Hall–Kier alpha value is -1.61. The van der Waals surface area contributed by atoms with Crippen LogP contribution >= 0.6 is 11.6 Å². The molecular formula is C16H20ClN3. The maximum absolute atomic E-state index is 6.02. The van der Waals surface area contributed by atoms with E-state index in [1.165, 1.54) is 0 Å². The number of hydrogen-bond acceptors (Lipinski definition) is 3. The Kier molecular flexibility index (Phi) is 4.29. The lowest BCUT2D eigenvalue weighted by atomic mass is 9.92. The smallest absolute Gasteiger partial charge is 0.135 e. The zero-order valence-electron chi connectivity index (χ0n) is 12.4. The van der Waals surface area contributed by atoms with E-state index in [0.29, 0.717) is 6.42 Å². The lowest BCUT2D eigenvalue weighted by Gasteiger charge is -2.19. The standard InChI is InChI=1S/C16H20ClN3/c1-16(2,3)13-10-14(18-4)20-15(19-13)9-11-6-5-7-12(17)8-11/h5-8,10H,9H2,1-4H3,(H,18,19,20). The average molecular weight is 290 g/mol. The Balaban J connectivity index is 2.36. The summed E-state index contributed by atoms with van der Waals surface area (Å²) in [6.07, 6.45) is 0.680. The van der Waals surface area contributed by atoms with Crippen LogP contribution in [0.4, 0.5) is 5.82 Å². The van der Waals surface area contributed by atoms with E-state index in [0.717, 1.165) is 27.9 Å². The third kappa shape index (κ3) is 3.70. The zero-order valence-corrected chi connectivity index (χ0v) is 13.1. The fourth-order valence-corrected chi connectivity index (χ4v) is 2.13. The van der Waals surface area contributed by atoms with Gasteiger partial charge in [0, 0.05) is 30.0 Å². The van der Waals surface area contributed by atoms with Gasteiger partial charge in [0.25, 0.3) is 0 Å². The predicted molar refractivity (Wildman–Crippen MR) is 84.5 cm³/mol. The van der Waals surface area contributed by atoms with Crippen molar-refractivity contribution in [1.29, 1.82) is 0 Å². The van der Waals surface area contributed by atoms with Crippen molar-refractivity contribution in [3.8, 4) is 0 Å². The highest BCUT2D eigenvalue weighted by Crippen LogP contribution is 2.23. The van der Waals surface area contributed by atoms with Crippen molar-refractivity contribution in [2.45, 2.75) is 32.6 Å². The monoisotopic (exact) mass is 289 g/mol. The molecule has 0 bridgehead atoms. The van der Waals surface area contributed by atoms with E-state index < -0.39 is 0 Å². The number of anilines is 1. The summed E-state index contributed by atoms with van der Waals surface area (Å²) in [7, 11) is 1.87. The van der Waals surface area contributed by atoms with Crippen LogP contribution in [0.2, 0.25) is 5.02 Å². The molecule has 0 fully saturated rings. The molecule has 0 saturated heterocycles. The summed E-state index contributed by atoms with van der Waals surface area (Å²) in [6, 6.07) is 9.81. The number of benzene rings is 1. The molecule has 0 saturated carbocycles.